The molecule has 0 saturated carbocycles. The van der Waals surface area contributed by atoms with Crippen molar-refractivity contribution in [2.24, 2.45) is 5.10 Å². The summed E-state index contributed by atoms with van der Waals surface area (Å²) in [4.78, 5) is 12.1. The highest BCUT2D eigenvalue weighted by molar-refractivity contribution is 7.87. The van der Waals surface area contributed by atoms with E-state index in [4.69, 9.17) is 4.18 Å². The molecule has 0 unspecified atom stereocenters. The fraction of sp³-hybridized carbons (Fsp3) is 0.0370. The largest absolute Gasteiger partial charge is 0.378 e. The summed E-state index contributed by atoms with van der Waals surface area (Å²) in [6.07, 6.45) is 1.54. The molecule has 0 aliphatic heterocycles. The predicted molar refractivity (Wildman–Crippen MR) is 132 cm³/mol. The Hall–Kier alpha value is -4.23. The SMILES string of the molecule is O=C(Cc1ccccc1)N/N=C/c1ccccc1OS(=O)(=O)c1ccc(-c2ccccc2)cc1. The molecule has 170 valence electrons. The molecule has 7 heteroatoms. The zero-order chi connectivity index (χ0) is 23.8. The zero-order valence-electron chi connectivity index (χ0n) is 18.2. The molecule has 0 aliphatic carbocycles. The number of nitrogens with one attached hydrogen (secondary N) is 1. The Bertz CT molecular complexity index is 1390. The lowest BCUT2D eigenvalue weighted by atomic mass is 10.1. The Labute approximate surface area is 198 Å². The van der Waals surface area contributed by atoms with Crippen molar-refractivity contribution < 1.29 is 17.4 Å². The van der Waals surface area contributed by atoms with Gasteiger partial charge in [0, 0.05) is 5.56 Å². The monoisotopic (exact) mass is 470 g/mol. The van der Waals surface area contributed by atoms with Gasteiger partial charge in [-0.15, -0.1) is 0 Å². The highest BCUT2D eigenvalue weighted by Gasteiger charge is 2.18. The molecule has 0 atom stereocenters. The van der Waals surface area contributed by atoms with Gasteiger partial charge >= 0.3 is 10.1 Å². The standard InChI is InChI=1S/C27H22N2O4S/c30-27(19-21-9-3-1-4-10-21)29-28-20-24-13-7-8-14-26(24)33-34(31,32)25-17-15-23(16-18-25)22-11-5-2-6-12-22/h1-18,20H,19H2,(H,29,30)/b28-20+. The second-order valence-corrected chi connectivity index (χ2v) is 8.97. The number of rotatable bonds is 8. The van der Waals surface area contributed by atoms with Crippen LogP contribution in [-0.2, 0) is 21.3 Å². The van der Waals surface area contributed by atoms with Gasteiger partial charge in [-0.05, 0) is 41.0 Å². The highest BCUT2D eigenvalue weighted by atomic mass is 32.2. The molecule has 0 heterocycles. The Kier molecular flexibility index (Phi) is 7.15. The fourth-order valence-electron chi connectivity index (χ4n) is 3.27. The van der Waals surface area contributed by atoms with Crippen molar-refractivity contribution in [1.29, 1.82) is 0 Å². The zero-order valence-corrected chi connectivity index (χ0v) is 19.0. The number of amides is 1. The van der Waals surface area contributed by atoms with Crippen molar-refractivity contribution in [2.45, 2.75) is 11.3 Å². The van der Waals surface area contributed by atoms with Crippen LogP contribution in [0.2, 0.25) is 0 Å². The van der Waals surface area contributed by atoms with Crippen molar-refractivity contribution in [1.82, 2.24) is 5.43 Å². The highest BCUT2D eigenvalue weighted by Crippen LogP contribution is 2.25. The topological polar surface area (TPSA) is 84.8 Å². The van der Waals surface area contributed by atoms with Gasteiger partial charge in [0.2, 0.25) is 5.91 Å². The van der Waals surface area contributed by atoms with Crippen LogP contribution in [0.25, 0.3) is 11.1 Å². The molecule has 0 saturated heterocycles. The summed E-state index contributed by atoms with van der Waals surface area (Å²) < 4.78 is 31.1. The molecular formula is C27H22N2O4S. The molecule has 0 radical (unpaired) electrons. The quantitative estimate of drug-likeness (QED) is 0.227. The molecule has 6 nitrogen and oxygen atoms in total. The van der Waals surface area contributed by atoms with Gasteiger partial charge < -0.3 is 4.18 Å². The Morgan fingerprint density at radius 2 is 1.35 bits per heavy atom. The third-order valence-corrected chi connectivity index (χ3v) is 6.22. The first kappa shape index (κ1) is 22.9. The number of hydrazone groups is 1. The minimum atomic E-state index is -4.07. The predicted octanol–water partition coefficient (Wildman–Crippen LogP) is 4.81. The average Bonchev–Trinajstić information content (AvgIpc) is 2.86. The second-order valence-electron chi connectivity index (χ2n) is 7.42. The normalized spacial score (nSPS) is 11.3. The molecule has 0 fully saturated rings. The van der Waals surface area contributed by atoms with E-state index in [2.05, 4.69) is 10.5 Å². The van der Waals surface area contributed by atoms with Crippen LogP contribution in [0.4, 0.5) is 0 Å². The van der Waals surface area contributed by atoms with E-state index >= 15 is 0 Å². The van der Waals surface area contributed by atoms with E-state index in [-0.39, 0.29) is 23.0 Å². The summed E-state index contributed by atoms with van der Waals surface area (Å²) in [5.74, 6) is -0.178. The number of carbonyl (C=O) groups is 1. The first-order valence-corrected chi connectivity index (χ1v) is 12.0. The second kappa shape index (κ2) is 10.6. The Morgan fingerprint density at radius 3 is 2.06 bits per heavy atom. The van der Waals surface area contributed by atoms with Gasteiger partial charge in [-0.1, -0.05) is 84.9 Å². The van der Waals surface area contributed by atoms with Gasteiger partial charge in [-0.3, -0.25) is 4.79 Å². The maximum atomic E-state index is 12.9. The molecule has 0 aromatic heterocycles. The summed E-state index contributed by atoms with van der Waals surface area (Å²) in [5.41, 5.74) is 5.61. The van der Waals surface area contributed by atoms with Crippen LogP contribution in [0.3, 0.4) is 0 Å². The number of para-hydroxylation sites is 1. The van der Waals surface area contributed by atoms with E-state index in [1.165, 1.54) is 24.4 Å². The molecule has 34 heavy (non-hydrogen) atoms. The van der Waals surface area contributed by atoms with Gasteiger partial charge in [-0.2, -0.15) is 13.5 Å². The summed E-state index contributed by atoms with van der Waals surface area (Å²) >= 11 is 0. The van der Waals surface area contributed by atoms with Crippen LogP contribution >= 0.6 is 0 Å². The molecule has 1 N–H and O–H groups in total. The Balaban J connectivity index is 1.44. The van der Waals surface area contributed by atoms with Crippen molar-refractivity contribution in [2.75, 3.05) is 0 Å². The van der Waals surface area contributed by atoms with Crippen LogP contribution in [0, 0.1) is 0 Å². The average molecular weight is 471 g/mol. The summed E-state index contributed by atoms with van der Waals surface area (Å²) in [6.45, 7) is 0. The van der Waals surface area contributed by atoms with E-state index in [0.29, 0.717) is 5.56 Å². The first-order chi connectivity index (χ1) is 16.5. The number of carbonyl (C=O) groups excluding carboxylic acids is 1. The molecular weight excluding hydrogens is 448 g/mol. The smallest absolute Gasteiger partial charge is 0.339 e. The third-order valence-electron chi connectivity index (χ3n) is 4.97. The van der Waals surface area contributed by atoms with E-state index in [1.807, 2.05) is 60.7 Å². The van der Waals surface area contributed by atoms with Crippen molar-refractivity contribution >= 4 is 22.2 Å². The molecule has 0 spiro atoms. The molecule has 0 bridgehead atoms. The van der Waals surface area contributed by atoms with E-state index in [0.717, 1.165) is 16.7 Å². The van der Waals surface area contributed by atoms with Gasteiger partial charge in [0.25, 0.3) is 0 Å². The van der Waals surface area contributed by atoms with Gasteiger partial charge in [0.1, 0.15) is 4.90 Å². The first-order valence-electron chi connectivity index (χ1n) is 10.6. The Morgan fingerprint density at radius 1 is 0.765 bits per heavy atom. The van der Waals surface area contributed by atoms with Crippen molar-refractivity contribution in [3.63, 3.8) is 0 Å². The molecule has 4 rings (SSSR count). The summed E-state index contributed by atoms with van der Waals surface area (Å²) in [5, 5.41) is 3.95. The van der Waals surface area contributed by atoms with Crippen molar-refractivity contribution in [3.8, 4) is 16.9 Å². The van der Waals surface area contributed by atoms with Crippen LogP contribution in [0.1, 0.15) is 11.1 Å². The van der Waals surface area contributed by atoms with Crippen LogP contribution < -0.4 is 9.61 Å². The van der Waals surface area contributed by atoms with Gasteiger partial charge in [-0.25, -0.2) is 5.43 Å². The lowest BCUT2D eigenvalue weighted by Crippen LogP contribution is -2.19. The molecule has 1 amide bonds. The van der Waals surface area contributed by atoms with Crippen LogP contribution in [-0.4, -0.2) is 20.5 Å². The summed E-state index contributed by atoms with van der Waals surface area (Å²) in [6, 6.07) is 32.0. The minimum absolute atomic E-state index is 0.0371. The van der Waals surface area contributed by atoms with Crippen molar-refractivity contribution in [3.05, 3.63) is 120 Å². The molecule has 4 aromatic carbocycles. The van der Waals surface area contributed by atoms with Gasteiger partial charge in [0.05, 0.1) is 12.6 Å². The maximum absolute atomic E-state index is 12.9. The lowest BCUT2D eigenvalue weighted by Gasteiger charge is -2.10. The number of benzene rings is 4. The number of hydrogen-bond acceptors (Lipinski definition) is 5. The van der Waals surface area contributed by atoms with Crippen LogP contribution in [0.15, 0.2) is 119 Å². The van der Waals surface area contributed by atoms with E-state index < -0.39 is 10.1 Å². The number of hydrogen-bond donors (Lipinski definition) is 1. The van der Waals surface area contributed by atoms with E-state index in [1.54, 1.807) is 30.3 Å². The molecule has 0 aliphatic rings. The summed E-state index contributed by atoms with van der Waals surface area (Å²) in [7, 11) is -4.07. The third kappa shape index (κ3) is 5.96. The van der Waals surface area contributed by atoms with E-state index in [9.17, 15) is 13.2 Å². The van der Waals surface area contributed by atoms with Gasteiger partial charge in [0.15, 0.2) is 5.75 Å². The fourth-order valence-corrected chi connectivity index (χ4v) is 4.22. The minimum Gasteiger partial charge on any atom is -0.378 e. The lowest BCUT2D eigenvalue weighted by molar-refractivity contribution is -0.120. The number of nitrogens with zero attached hydrogens (tertiary/aromatic N) is 1. The maximum Gasteiger partial charge on any atom is 0.339 e. The molecule has 4 aromatic rings. The van der Waals surface area contributed by atoms with Crippen LogP contribution in [0.5, 0.6) is 5.75 Å².